The highest BCUT2D eigenvalue weighted by Gasteiger charge is 2.36. The Labute approximate surface area is 138 Å². The summed E-state index contributed by atoms with van der Waals surface area (Å²) in [5.41, 5.74) is 8.64. The lowest BCUT2D eigenvalue weighted by molar-refractivity contribution is -0.131. The van der Waals surface area contributed by atoms with Crippen LogP contribution in [-0.2, 0) is 4.79 Å². The maximum absolute atomic E-state index is 13.0. The lowest BCUT2D eigenvalue weighted by Gasteiger charge is -2.23. The van der Waals surface area contributed by atoms with E-state index in [1.165, 1.54) is 5.56 Å². The van der Waals surface area contributed by atoms with Crippen LogP contribution >= 0.6 is 0 Å². The van der Waals surface area contributed by atoms with Crippen LogP contribution in [0.5, 0.6) is 0 Å². The molecule has 1 aliphatic heterocycles. The number of hydrogen-bond donors (Lipinski definition) is 1. The maximum Gasteiger partial charge on any atom is 0.230 e. The third-order valence-electron chi connectivity index (χ3n) is 4.81. The third-order valence-corrected chi connectivity index (χ3v) is 4.81. The van der Waals surface area contributed by atoms with E-state index in [-0.39, 0.29) is 23.8 Å². The van der Waals surface area contributed by atoms with Crippen LogP contribution in [0.25, 0.3) is 0 Å². The van der Waals surface area contributed by atoms with Crippen molar-refractivity contribution in [2.24, 2.45) is 5.73 Å². The third kappa shape index (κ3) is 3.30. The number of rotatable bonds is 4. The first-order valence-corrected chi connectivity index (χ1v) is 8.35. The van der Waals surface area contributed by atoms with E-state index in [4.69, 9.17) is 5.73 Å². The SMILES string of the molecule is CCC(C(=O)N1C[C@@H](N)[C@H](c2ccccc2)C1)c1ccccc1. The summed E-state index contributed by atoms with van der Waals surface area (Å²) in [6.45, 7) is 3.43. The number of nitrogens with two attached hydrogens (primary N) is 1. The first kappa shape index (κ1) is 15.8. The molecule has 2 N–H and O–H groups in total. The Bertz CT molecular complexity index is 641. The van der Waals surface area contributed by atoms with E-state index in [0.29, 0.717) is 13.1 Å². The predicted octanol–water partition coefficient (Wildman–Crippen LogP) is 3.13. The second-order valence-corrected chi connectivity index (χ2v) is 6.30. The quantitative estimate of drug-likeness (QED) is 0.943. The number of nitrogens with zero attached hydrogens (tertiary/aromatic N) is 1. The number of amides is 1. The smallest absolute Gasteiger partial charge is 0.230 e. The molecule has 3 nitrogen and oxygen atoms in total. The molecule has 1 unspecified atom stereocenters. The monoisotopic (exact) mass is 308 g/mol. The number of likely N-dealkylation sites (tertiary alicyclic amines) is 1. The largest absolute Gasteiger partial charge is 0.340 e. The summed E-state index contributed by atoms with van der Waals surface area (Å²) in [5.74, 6) is 0.360. The minimum atomic E-state index is -0.0714. The number of carbonyl (C=O) groups excluding carboxylic acids is 1. The van der Waals surface area contributed by atoms with E-state index in [2.05, 4.69) is 19.1 Å². The summed E-state index contributed by atoms with van der Waals surface area (Å²) >= 11 is 0. The molecule has 1 amide bonds. The van der Waals surface area contributed by atoms with Crippen molar-refractivity contribution in [2.75, 3.05) is 13.1 Å². The first-order chi connectivity index (χ1) is 11.2. The molecule has 120 valence electrons. The van der Waals surface area contributed by atoms with Gasteiger partial charge in [0.05, 0.1) is 5.92 Å². The van der Waals surface area contributed by atoms with Crippen molar-refractivity contribution in [3.8, 4) is 0 Å². The molecule has 1 heterocycles. The van der Waals surface area contributed by atoms with Crippen LogP contribution in [-0.4, -0.2) is 29.9 Å². The molecule has 1 saturated heterocycles. The van der Waals surface area contributed by atoms with E-state index in [1.807, 2.05) is 53.4 Å². The van der Waals surface area contributed by atoms with Gasteiger partial charge in [-0.25, -0.2) is 0 Å². The second-order valence-electron chi connectivity index (χ2n) is 6.30. The second kappa shape index (κ2) is 6.97. The van der Waals surface area contributed by atoms with Gasteiger partial charge in [-0.2, -0.15) is 0 Å². The highest BCUT2D eigenvalue weighted by molar-refractivity contribution is 5.84. The maximum atomic E-state index is 13.0. The van der Waals surface area contributed by atoms with Gasteiger partial charge in [0.15, 0.2) is 0 Å². The Kier molecular flexibility index (Phi) is 4.77. The van der Waals surface area contributed by atoms with Gasteiger partial charge in [0, 0.05) is 25.0 Å². The predicted molar refractivity (Wildman–Crippen MR) is 93.2 cm³/mol. The van der Waals surface area contributed by atoms with Gasteiger partial charge in [0.2, 0.25) is 5.91 Å². The zero-order valence-corrected chi connectivity index (χ0v) is 13.6. The van der Waals surface area contributed by atoms with Crippen molar-refractivity contribution in [3.05, 3.63) is 71.8 Å². The van der Waals surface area contributed by atoms with Gasteiger partial charge in [0.1, 0.15) is 0 Å². The zero-order valence-electron chi connectivity index (χ0n) is 13.6. The molecule has 0 spiro atoms. The van der Waals surface area contributed by atoms with Crippen molar-refractivity contribution in [1.82, 2.24) is 4.90 Å². The molecule has 1 fully saturated rings. The number of hydrogen-bond acceptors (Lipinski definition) is 2. The van der Waals surface area contributed by atoms with E-state index in [9.17, 15) is 4.79 Å². The molecular formula is C20H24N2O. The fourth-order valence-electron chi connectivity index (χ4n) is 3.52. The van der Waals surface area contributed by atoms with Crippen LogP contribution in [0.15, 0.2) is 60.7 Å². The molecular weight excluding hydrogens is 284 g/mol. The molecule has 0 saturated carbocycles. The lowest BCUT2D eigenvalue weighted by atomic mass is 9.94. The Morgan fingerprint density at radius 2 is 1.70 bits per heavy atom. The summed E-state index contributed by atoms with van der Waals surface area (Å²) in [7, 11) is 0. The van der Waals surface area contributed by atoms with Crippen molar-refractivity contribution in [1.29, 1.82) is 0 Å². The van der Waals surface area contributed by atoms with Crippen LogP contribution in [0.1, 0.15) is 36.3 Å². The Morgan fingerprint density at radius 1 is 1.09 bits per heavy atom. The van der Waals surface area contributed by atoms with Gasteiger partial charge < -0.3 is 10.6 Å². The molecule has 2 aromatic carbocycles. The van der Waals surface area contributed by atoms with E-state index < -0.39 is 0 Å². The van der Waals surface area contributed by atoms with Gasteiger partial charge in [-0.15, -0.1) is 0 Å². The molecule has 2 aromatic rings. The van der Waals surface area contributed by atoms with Gasteiger partial charge in [-0.1, -0.05) is 67.6 Å². The fourth-order valence-corrected chi connectivity index (χ4v) is 3.52. The Hall–Kier alpha value is -2.13. The highest BCUT2D eigenvalue weighted by atomic mass is 16.2. The average Bonchev–Trinajstić information content (AvgIpc) is 2.99. The highest BCUT2D eigenvalue weighted by Crippen LogP contribution is 2.30. The van der Waals surface area contributed by atoms with Crippen molar-refractivity contribution in [3.63, 3.8) is 0 Å². The lowest BCUT2D eigenvalue weighted by Crippen LogP contribution is -2.35. The van der Waals surface area contributed by atoms with Crippen LogP contribution in [0.2, 0.25) is 0 Å². The Balaban J connectivity index is 1.76. The molecule has 0 radical (unpaired) electrons. The van der Waals surface area contributed by atoms with E-state index in [0.717, 1.165) is 12.0 Å². The molecule has 3 rings (SSSR count). The van der Waals surface area contributed by atoms with Crippen molar-refractivity contribution >= 4 is 5.91 Å². The van der Waals surface area contributed by atoms with Crippen molar-refractivity contribution in [2.45, 2.75) is 31.2 Å². The molecule has 23 heavy (non-hydrogen) atoms. The van der Waals surface area contributed by atoms with E-state index in [1.54, 1.807) is 0 Å². The molecule has 3 atom stereocenters. The molecule has 0 aromatic heterocycles. The summed E-state index contributed by atoms with van der Waals surface area (Å²) in [6.07, 6.45) is 0.810. The van der Waals surface area contributed by atoms with Gasteiger partial charge in [-0.05, 0) is 17.5 Å². The average molecular weight is 308 g/mol. The van der Waals surface area contributed by atoms with E-state index >= 15 is 0 Å². The van der Waals surface area contributed by atoms with Crippen LogP contribution in [0, 0.1) is 0 Å². The Morgan fingerprint density at radius 3 is 2.30 bits per heavy atom. The summed E-state index contributed by atoms with van der Waals surface area (Å²) < 4.78 is 0. The zero-order chi connectivity index (χ0) is 16.2. The molecule has 0 bridgehead atoms. The van der Waals surface area contributed by atoms with Gasteiger partial charge >= 0.3 is 0 Å². The minimum Gasteiger partial charge on any atom is -0.340 e. The fraction of sp³-hybridized carbons (Fsp3) is 0.350. The van der Waals surface area contributed by atoms with Crippen LogP contribution in [0.3, 0.4) is 0 Å². The summed E-state index contributed by atoms with van der Waals surface area (Å²) in [5, 5.41) is 0. The topological polar surface area (TPSA) is 46.3 Å². The van der Waals surface area contributed by atoms with Gasteiger partial charge in [0.25, 0.3) is 0 Å². The van der Waals surface area contributed by atoms with Crippen LogP contribution < -0.4 is 5.73 Å². The normalized spacial score (nSPS) is 22.1. The summed E-state index contributed by atoms with van der Waals surface area (Å²) in [4.78, 5) is 14.9. The molecule has 3 heteroatoms. The first-order valence-electron chi connectivity index (χ1n) is 8.35. The van der Waals surface area contributed by atoms with Gasteiger partial charge in [-0.3, -0.25) is 4.79 Å². The minimum absolute atomic E-state index is 0.00892. The molecule has 1 aliphatic rings. The van der Waals surface area contributed by atoms with Crippen LogP contribution in [0.4, 0.5) is 0 Å². The number of benzene rings is 2. The standard InChI is InChI=1S/C20H24N2O/c1-2-17(15-9-5-3-6-10-15)20(23)22-13-18(19(21)14-22)16-11-7-4-8-12-16/h3-12,17-19H,2,13-14,21H2,1H3/t17?,18-,19+/m0/s1. The number of carbonyl (C=O) groups is 1. The molecule has 0 aliphatic carbocycles. The van der Waals surface area contributed by atoms with Crippen molar-refractivity contribution < 1.29 is 4.79 Å². The summed E-state index contributed by atoms with van der Waals surface area (Å²) in [6, 6.07) is 20.3.